The summed E-state index contributed by atoms with van der Waals surface area (Å²) in [6.07, 6.45) is 1.10. The predicted octanol–water partition coefficient (Wildman–Crippen LogP) is 4.77. The summed E-state index contributed by atoms with van der Waals surface area (Å²) in [5, 5.41) is 7.08. The van der Waals surface area contributed by atoms with Crippen LogP contribution in [0.5, 0.6) is 0 Å². The quantitative estimate of drug-likeness (QED) is 0.394. The molecule has 0 spiro atoms. The normalized spacial score (nSPS) is 12.3. The van der Waals surface area contributed by atoms with Crippen LogP contribution in [0.3, 0.4) is 0 Å². The minimum absolute atomic E-state index is 0.0381. The summed E-state index contributed by atoms with van der Waals surface area (Å²) in [7, 11) is 1.76. The zero-order chi connectivity index (χ0) is 17.3. The molecule has 0 aromatic heterocycles. The summed E-state index contributed by atoms with van der Waals surface area (Å²) in [5.41, 5.74) is 2.28. The van der Waals surface area contributed by atoms with Gasteiger partial charge in [0.25, 0.3) is 0 Å². The van der Waals surface area contributed by atoms with Gasteiger partial charge in [-0.2, -0.15) is 24.4 Å². The second-order valence-electron chi connectivity index (χ2n) is 7.02. The number of ether oxygens (including phenoxy) is 1. The Kier molecular flexibility index (Phi) is 8.65. The summed E-state index contributed by atoms with van der Waals surface area (Å²) >= 11 is 6.56. The van der Waals surface area contributed by atoms with E-state index in [1.54, 1.807) is 7.11 Å². The van der Waals surface area contributed by atoms with E-state index in [2.05, 4.69) is 75.2 Å². The van der Waals surface area contributed by atoms with Gasteiger partial charge < -0.3 is 15.4 Å². The summed E-state index contributed by atoms with van der Waals surface area (Å²) in [5.74, 6) is 1.12. The van der Waals surface area contributed by atoms with Gasteiger partial charge >= 0.3 is 0 Å². The van der Waals surface area contributed by atoms with E-state index in [4.69, 9.17) is 4.74 Å². The van der Waals surface area contributed by atoms with E-state index >= 15 is 0 Å². The standard InChI is InChI=1S/C18H32N2OS2/c1-17(2,22)13-19-15-9-6-7-10-16(15)20-14-18(3,4)23-12-8-11-21-5/h6-7,9-10,19-20,22H,8,11-14H2,1-5H3. The fraction of sp³-hybridized carbons (Fsp3) is 0.667. The Hall–Kier alpha value is -0.520. The van der Waals surface area contributed by atoms with Crippen molar-refractivity contribution in [1.29, 1.82) is 0 Å². The number of thioether (sulfide) groups is 1. The molecule has 2 N–H and O–H groups in total. The molecule has 0 saturated heterocycles. The fourth-order valence-electron chi connectivity index (χ4n) is 2.01. The molecule has 3 nitrogen and oxygen atoms in total. The van der Waals surface area contributed by atoms with Crippen molar-refractivity contribution < 1.29 is 4.74 Å². The molecular weight excluding hydrogens is 324 g/mol. The molecule has 0 heterocycles. The highest BCUT2D eigenvalue weighted by Gasteiger charge is 2.18. The Morgan fingerprint density at radius 3 is 2.13 bits per heavy atom. The Morgan fingerprint density at radius 2 is 1.61 bits per heavy atom. The SMILES string of the molecule is COCCCSC(C)(C)CNc1ccccc1NCC(C)(C)S. The summed E-state index contributed by atoms with van der Waals surface area (Å²) in [6, 6.07) is 8.36. The second kappa shape index (κ2) is 9.70. The van der Waals surface area contributed by atoms with Gasteiger partial charge in [0, 0.05) is 36.3 Å². The van der Waals surface area contributed by atoms with Gasteiger partial charge in [0.2, 0.25) is 0 Å². The predicted molar refractivity (Wildman–Crippen MR) is 110 cm³/mol. The molecule has 132 valence electrons. The molecule has 0 aliphatic heterocycles. The van der Waals surface area contributed by atoms with Crippen LogP contribution in [0.25, 0.3) is 0 Å². The molecule has 0 bridgehead atoms. The molecule has 0 aliphatic rings. The zero-order valence-electron chi connectivity index (χ0n) is 15.1. The van der Waals surface area contributed by atoms with Crippen molar-refractivity contribution in [1.82, 2.24) is 0 Å². The number of anilines is 2. The highest BCUT2D eigenvalue weighted by molar-refractivity contribution is 8.00. The molecule has 1 rings (SSSR count). The van der Waals surface area contributed by atoms with Gasteiger partial charge in [-0.05, 0) is 52.0 Å². The number of benzene rings is 1. The first-order valence-electron chi connectivity index (χ1n) is 8.15. The summed E-state index contributed by atoms with van der Waals surface area (Å²) < 4.78 is 5.26. The van der Waals surface area contributed by atoms with Crippen LogP contribution in [-0.2, 0) is 4.74 Å². The zero-order valence-corrected chi connectivity index (χ0v) is 16.8. The molecule has 0 saturated carbocycles. The van der Waals surface area contributed by atoms with Gasteiger partial charge in [-0.1, -0.05) is 12.1 Å². The molecule has 0 fully saturated rings. The lowest BCUT2D eigenvalue weighted by molar-refractivity contribution is 0.200. The summed E-state index contributed by atoms with van der Waals surface area (Å²) in [6.45, 7) is 11.4. The minimum Gasteiger partial charge on any atom is -0.385 e. The van der Waals surface area contributed by atoms with Crippen LogP contribution >= 0.6 is 24.4 Å². The average Bonchev–Trinajstić information content (AvgIpc) is 2.48. The van der Waals surface area contributed by atoms with Gasteiger partial charge in [0.1, 0.15) is 0 Å². The van der Waals surface area contributed by atoms with Crippen molar-refractivity contribution >= 4 is 35.8 Å². The van der Waals surface area contributed by atoms with Crippen molar-refractivity contribution in [3.05, 3.63) is 24.3 Å². The van der Waals surface area contributed by atoms with Crippen molar-refractivity contribution in [2.45, 2.75) is 43.6 Å². The maximum Gasteiger partial charge on any atom is 0.0576 e. The van der Waals surface area contributed by atoms with Crippen LogP contribution in [0, 0.1) is 0 Å². The van der Waals surface area contributed by atoms with Crippen LogP contribution in [-0.4, -0.2) is 42.1 Å². The minimum atomic E-state index is -0.0381. The highest BCUT2D eigenvalue weighted by Crippen LogP contribution is 2.28. The van der Waals surface area contributed by atoms with E-state index in [0.29, 0.717) is 0 Å². The Balaban J connectivity index is 2.53. The molecule has 0 unspecified atom stereocenters. The first kappa shape index (κ1) is 20.5. The lowest BCUT2D eigenvalue weighted by Crippen LogP contribution is -2.28. The second-order valence-corrected chi connectivity index (χ2v) is 10.0. The molecule has 0 atom stereocenters. The third kappa shape index (κ3) is 9.38. The Bertz CT molecular complexity index is 459. The number of rotatable bonds is 11. The fourth-order valence-corrected chi connectivity index (χ4v) is 3.08. The number of para-hydroxylation sites is 2. The van der Waals surface area contributed by atoms with E-state index in [9.17, 15) is 0 Å². The highest BCUT2D eigenvalue weighted by atomic mass is 32.2. The molecule has 0 amide bonds. The number of methoxy groups -OCH3 is 1. The van der Waals surface area contributed by atoms with E-state index in [-0.39, 0.29) is 9.49 Å². The Morgan fingerprint density at radius 1 is 1.04 bits per heavy atom. The maximum atomic E-state index is 5.11. The van der Waals surface area contributed by atoms with Gasteiger partial charge in [0.15, 0.2) is 0 Å². The lowest BCUT2D eigenvalue weighted by Gasteiger charge is -2.26. The van der Waals surface area contributed by atoms with Gasteiger partial charge in [-0.15, -0.1) is 0 Å². The van der Waals surface area contributed by atoms with Gasteiger partial charge in [0.05, 0.1) is 11.4 Å². The third-order valence-electron chi connectivity index (χ3n) is 3.33. The van der Waals surface area contributed by atoms with Crippen molar-refractivity contribution in [3.63, 3.8) is 0 Å². The first-order valence-corrected chi connectivity index (χ1v) is 9.59. The van der Waals surface area contributed by atoms with Crippen molar-refractivity contribution in [2.24, 2.45) is 0 Å². The average molecular weight is 357 g/mol. The van der Waals surface area contributed by atoms with E-state index in [1.165, 1.54) is 0 Å². The smallest absolute Gasteiger partial charge is 0.0576 e. The molecule has 1 aromatic rings. The molecule has 5 heteroatoms. The molecule has 1 aromatic carbocycles. The number of nitrogens with one attached hydrogen (secondary N) is 2. The van der Waals surface area contributed by atoms with E-state index < -0.39 is 0 Å². The van der Waals surface area contributed by atoms with Gasteiger partial charge in [-0.25, -0.2) is 0 Å². The van der Waals surface area contributed by atoms with Crippen LogP contribution in [0.2, 0.25) is 0 Å². The summed E-state index contributed by atoms with van der Waals surface area (Å²) in [4.78, 5) is 0. The number of hydrogen-bond donors (Lipinski definition) is 3. The molecule has 0 radical (unpaired) electrons. The van der Waals surface area contributed by atoms with Crippen LogP contribution in [0.15, 0.2) is 24.3 Å². The molecule has 0 aliphatic carbocycles. The van der Waals surface area contributed by atoms with Crippen LogP contribution in [0.4, 0.5) is 11.4 Å². The number of thiol groups is 1. The van der Waals surface area contributed by atoms with Crippen molar-refractivity contribution in [2.75, 3.05) is 43.2 Å². The van der Waals surface area contributed by atoms with Crippen LogP contribution < -0.4 is 10.6 Å². The molecular formula is C18H32N2OS2. The van der Waals surface area contributed by atoms with Crippen molar-refractivity contribution in [3.8, 4) is 0 Å². The lowest BCUT2D eigenvalue weighted by atomic mass is 10.1. The first-order chi connectivity index (χ1) is 10.7. The van der Waals surface area contributed by atoms with Crippen LogP contribution in [0.1, 0.15) is 34.1 Å². The van der Waals surface area contributed by atoms with Gasteiger partial charge in [-0.3, -0.25) is 0 Å². The molecule has 23 heavy (non-hydrogen) atoms. The van der Waals surface area contributed by atoms with E-state index in [0.717, 1.165) is 43.2 Å². The largest absolute Gasteiger partial charge is 0.385 e. The topological polar surface area (TPSA) is 33.3 Å². The number of hydrogen-bond acceptors (Lipinski definition) is 5. The maximum absolute atomic E-state index is 5.11. The Labute approximate surface area is 151 Å². The third-order valence-corrected chi connectivity index (χ3v) is 4.91. The monoisotopic (exact) mass is 356 g/mol. The van der Waals surface area contributed by atoms with E-state index in [1.807, 2.05) is 11.8 Å².